The van der Waals surface area contributed by atoms with Crippen LogP contribution >= 0.6 is 0 Å². The van der Waals surface area contributed by atoms with Crippen molar-refractivity contribution >= 4 is 23.6 Å². The minimum atomic E-state index is -0.136. The lowest BCUT2D eigenvalue weighted by Gasteiger charge is -2.23. The maximum Gasteiger partial charge on any atom is 0.224 e. The molecule has 4 heterocycles. The van der Waals surface area contributed by atoms with Gasteiger partial charge in [-0.25, -0.2) is 9.97 Å². The van der Waals surface area contributed by atoms with Crippen molar-refractivity contribution in [2.75, 3.05) is 26.2 Å². The maximum atomic E-state index is 12.8. The van der Waals surface area contributed by atoms with Gasteiger partial charge in [-0.05, 0) is 47.9 Å². The van der Waals surface area contributed by atoms with Crippen LogP contribution in [0.25, 0.3) is 33.6 Å². The SMILES string of the molecule is CC(=O)NCCC(=O)N1CCCC1c1ncc(-c2ccc(-c3ccc(-c4cnc([C@@H]5CCCN5C(=O)CCNC(C)=O)[nH]4)cc3)cc2)[nH]1. The van der Waals surface area contributed by atoms with Crippen molar-refractivity contribution in [2.45, 2.75) is 64.5 Å². The van der Waals surface area contributed by atoms with Crippen molar-refractivity contribution in [3.63, 3.8) is 0 Å². The van der Waals surface area contributed by atoms with Crippen molar-refractivity contribution in [3.8, 4) is 33.6 Å². The van der Waals surface area contributed by atoms with E-state index in [-0.39, 0.29) is 48.6 Å². The Morgan fingerprint density at radius 1 is 0.646 bits per heavy atom. The highest BCUT2D eigenvalue weighted by Crippen LogP contribution is 2.34. The van der Waals surface area contributed by atoms with Crippen molar-refractivity contribution < 1.29 is 19.2 Å². The number of carbonyl (C=O) groups excluding carboxylic acids is 4. The van der Waals surface area contributed by atoms with Crippen LogP contribution in [-0.2, 0) is 19.2 Å². The van der Waals surface area contributed by atoms with E-state index in [1.54, 1.807) is 0 Å². The smallest absolute Gasteiger partial charge is 0.224 e. The number of hydrogen-bond acceptors (Lipinski definition) is 6. The quantitative estimate of drug-likeness (QED) is 0.187. The number of carbonyl (C=O) groups is 4. The maximum absolute atomic E-state index is 12.8. The number of likely N-dealkylation sites (tertiary alicyclic amines) is 2. The minimum Gasteiger partial charge on any atom is -0.356 e. The van der Waals surface area contributed by atoms with Crippen LogP contribution < -0.4 is 10.6 Å². The second kappa shape index (κ2) is 14.7. The zero-order valence-corrected chi connectivity index (χ0v) is 27.4. The van der Waals surface area contributed by atoms with E-state index >= 15 is 0 Å². The van der Waals surface area contributed by atoms with Gasteiger partial charge in [-0.1, -0.05) is 48.5 Å². The summed E-state index contributed by atoms with van der Waals surface area (Å²) in [6, 6.07) is 16.4. The van der Waals surface area contributed by atoms with Crippen molar-refractivity contribution in [2.24, 2.45) is 0 Å². The zero-order valence-electron chi connectivity index (χ0n) is 27.4. The first kappa shape index (κ1) is 32.7. The number of imidazole rings is 2. The molecule has 0 bridgehead atoms. The third-order valence-corrected chi connectivity index (χ3v) is 9.12. The Morgan fingerprint density at radius 2 is 1.02 bits per heavy atom. The number of nitrogens with one attached hydrogen (secondary N) is 4. The highest BCUT2D eigenvalue weighted by molar-refractivity contribution is 5.79. The molecule has 0 saturated carbocycles. The molecular weight excluding hydrogens is 608 g/mol. The molecular formula is C36H42N8O4. The van der Waals surface area contributed by atoms with Gasteiger partial charge in [-0.2, -0.15) is 0 Å². The standard InChI is InChI=1S/C36H42N8O4/c1-23(45)37-17-15-33(47)43-19-3-5-31(43)35-39-21-29(41-35)27-11-7-25(8-12-27)26-9-13-28(14-10-26)30-22-40-36(42-30)32-6-4-20-44(32)34(48)16-18-38-24(2)46/h7-14,21-22,31-32H,3-6,15-20H2,1-2H3,(H,37,45)(H,38,46)(H,39,41)(H,40,42)/t31-,32?/m0/s1. The third kappa shape index (κ3) is 7.48. The molecule has 12 nitrogen and oxygen atoms in total. The Morgan fingerprint density at radius 3 is 1.40 bits per heavy atom. The van der Waals surface area contributed by atoms with Crippen LogP contribution in [0.2, 0.25) is 0 Å². The molecule has 1 unspecified atom stereocenters. The van der Waals surface area contributed by atoms with Gasteiger partial charge in [0.1, 0.15) is 11.6 Å². The van der Waals surface area contributed by atoms with Crippen molar-refractivity contribution in [1.82, 2.24) is 40.4 Å². The number of amides is 4. The van der Waals surface area contributed by atoms with E-state index in [1.807, 2.05) is 22.2 Å². The molecule has 4 amide bonds. The van der Waals surface area contributed by atoms with Crippen molar-refractivity contribution in [1.29, 1.82) is 0 Å². The van der Waals surface area contributed by atoms with Gasteiger partial charge in [0.05, 0.1) is 35.9 Å². The van der Waals surface area contributed by atoms with E-state index in [0.717, 1.165) is 71.0 Å². The minimum absolute atomic E-state index is 0.0242. The summed E-state index contributed by atoms with van der Waals surface area (Å²) in [5.41, 5.74) is 5.98. The van der Waals surface area contributed by atoms with Crippen molar-refractivity contribution in [3.05, 3.63) is 72.6 Å². The number of H-pyrrole nitrogens is 2. The predicted octanol–water partition coefficient (Wildman–Crippen LogP) is 4.51. The van der Waals surface area contributed by atoms with Gasteiger partial charge >= 0.3 is 0 Å². The van der Waals surface area contributed by atoms with E-state index in [0.29, 0.717) is 26.2 Å². The Labute approximate surface area is 279 Å². The lowest BCUT2D eigenvalue weighted by Crippen LogP contribution is -2.34. The van der Waals surface area contributed by atoms with Gasteiger partial charge in [0, 0.05) is 52.9 Å². The van der Waals surface area contributed by atoms with Crippen LogP contribution in [0.1, 0.15) is 76.1 Å². The molecule has 2 aromatic heterocycles. The molecule has 0 radical (unpaired) electrons. The van der Waals surface area contributed by atoms with Gasteiger partial charge in [0.25, 0.3) is 0 Å². The summed E-state index contributed by atoms with van der Waals surface area (Å²) in [6.45, 7) is 4.96. The second-order valence-corrected chi connectivity index (χ2v) is 12.5. The largest absolute Gasteiger partial charge is 0.356 e. The number of rotatable bonds is 11. The Balaban J connectivity index is 1.07. The van der Waals surface area contributed by atoms with Crippen LogP contribution in [0.15, 0.2) is 60.9 Å². The topological polar surface area (TPSA) is 156 Å². The molecule has 6 rings (SSSR count). The molecule has 48 heavy (non-hydrogen) atoms. The van der Waals surface area contributed by atoms with E-state index in [4.69, 9.17) is 0 Å². The van der Waals surface area contributed by atoms with E-state index in [1.165, 1.54) is 13.8 Å². The first-order chi connectivity index (χ1) is 23.3. The lowest BCUT2D eigenvalue weighted by molar-refractivity contribution is -0.133. The normalized spacial score (nSPS) is 17.5. The average Bonchev–Trinajstić information content (AvgIpc) is 3.90. The highest BCUT2D eigenvalue weighted by atomic mass is 16.2. The average molecular weight is 651 g/mol. The third-order valence-electron chi connectivity index (χ3n) is 9.12. The van der Waals surface area contributed by atoms with E-state index < -0.39 is 0 Å². The fourth-order valence-corrected chi connectivity index (χ4v) is 6.67. The van der Waals surface area contributed by atoms with E-state index in [2.05, 4.69) is 79.1 Å². The van der Waals surface area contributed by atoms with Gasteiger partial charge in [-0.3, -0.25) is 19.2 Å². The van der Waals surface area contributed by atoms with Gasteiger partial charge in [0.2, 0.25) is 23.6 Å². The molecule has 2 atom stereocenters. The van der Waals surface area contributed by atoms with Gasteiger partial charge in [0.15, 0.2) is 0 Å². The summed E-state index contributed by atoms with van der Waals surface area (Å²) < 4.78 is 0. The molecule has 2 aromatic carbocycles. The molecule has 2 fully saturated rings. The predicted molar refractivity (Wildman–Crippen MR) is 181 cm³/mol. The fraction of sp³-hybridized carbons (Fsp3) is 0.389. The number of benzene rings is 2. The summed E-state index contributed by atoms with van der Waals surface area (Å²) in [4.78, 5) is 67.8. The first-order valence-electron chi connectivity index (χ1n) is 16.7. The van der Waals surface area contributed by atoms with Crippen LogP contribution in [0, 0.1) is 0 Å². The number of nitrogens with zero attached hydrogens (tertiary/aromatic N) is 4. The summed E-state index contributed by atoms with van der Waals surface area (Å²) >= 11 is 0. The second-order valence-electron chi connectivity index (χ2n) is 12.5. The molecule has 4 aromatic rings. The van der Waals surface area contributed by atoms with Crippen LogP contribution in [0.5, 0.6) is 0 Å². The number of hydrogen-bond donors (Lipinski definition) is 4. The molecule has 0 spiro atoms. The van der Waals surface area contributed by atoms with Crippen LogP contribution in [0.4, 0.5) is 0 Å². The molecule has 12 heteroatoms. The molecule has 250 valence electrons. The summed E-state index contributed by atoms with van der Waals surface area (Å²) in [5, 5.41) is 5.39. The van der Waals surface area contributed by atoms with E-state index in [9.17, 15) is 19.2 Å². The monoisotopic (exact) mass is 650 g/mol. The highest BCUT2D eigenvalue weighted by Gasteiger charge is 2.33. The Hall–Kier alpha value is -5.26. The molecule has 0 aliphatic carbocycles. The summed E-state index contributed by atoms with van der Waals surface area (Å²) in [5.74, 6) is 1.34. The Bertz CT molecular complexity index is 1630. The first-order valence-corrected chi connectivity index (χ1v) is 16.7. The summed E-state index contributed by atoms with van der Waals surface area (Å²) in [6.07, 6.45) is 7.75. The van der Waals surface area contributed by atoms with Crippen LogP contribution in [-0.4, -0.2) is 79.5 Å². The molecule has 2 aliphatic heterocycles. The number of aromatic amines is 2. The summed E-state index contributed by atoms with van der Waals surface area (Å²) in [7, 11) is 0. The van der Waals surface area contributed by atoms with Gasteiger partial charge < -0.3 is 30.4 Å². The Kier molecular flexibility index (Phi) is 9.98. The van der Waals surface area contributed by atoms with Crippen LogP contribution in [0.3, 0.4) is 0 Å². The zero-order chi connectivity index (χ0) is 33.6. The lowest BCUT2D eigenvalue weighted by atomic mass is 10.0. The molecule has 4 N–H and O–H groups in total. The molecule has 2 aliphatic rings. The van der Waals surface area contributed by atoms with Gasteiger partial charge in [-0.15, -0.1) is 0 Å². The number of aromatic nitrogens is 4. The molecule has 2 saturated heterocycles. The fourth-order valence-electron chi connectivity index (χ4n) is 6.67.